The van der Waals surface area contributed by atoms with Crippen LogP contribution < -0.4 is 11.1 Å². The topological polar surface area (TPSA) is 55.1 Å². The van der Waals surface area contributed by atoms with E-state index in [1.807, 2.05) is 13.8 Å². The molecule has 0 heterocycles. The summed E-state index contributed by atoms with van der Waals surface area (Å²) in [5.41, 5.74) is 6.26. The standard InChI is InChI=1S/C13H19FN2O/c1-3-10(8-15)13(17)16-9(2)11-5-4-6-12(14)7-11/h4-7,9-10H,3,8,15H2,1-2H3,(H,16,17)/t9-,10?/m1/s1. The molecule has 4 heteroatoms. The Morgan fingerprint density at radius 1 is 1.53 bits per heavy atom. The Bertz CT molecular complexity index is 377. The first-order valence-corrected chi connectivity index (χ1v) is 5.84. The zero-order valence-corrected chi connectivity index (χ0v) is 10.2. The average molecular weight is 238 g/mol. The second kappa shape index (κ2) is 6.35. The lowest BCUT2D eigenvalue weighted by Gasteiger charge is -2.18. The van der Waals surface area contributed by atoms with Crippen LogP contribution in [0.4, 0.5) is 4.39 Å². The van der Waals surface area contributed by atoms with Crippen LogP contribution in [-0.2, 0) is 4.79 Å². The minimum absolute atomic E-state index is 0.0771. The number of carbonyl (C=O) groups is 1. The Hall–Kier alpha value is -1.42. The highest BCUT2D eigenvalue weighted by molar-refractivity contribution is 5.79. The van der Waals surface area contributed by atoms with Crippen molar-refractivity contribution in [2.45, 2.75) is 26.3 Å². The van der Waals surface area contributed by atoms with E-state index in [9.17, 15) is 9.18 Å². The van der Waals surface area contributed by atoms with Crippen molar-refractivity contribution >= 4 is 5.91 Å². The number of carbonyl (C=O) groups excluding carboxylic acids is 1. The first kappa shape index (κ1) is 13.6. The summed E-state index contributed by atoms with van der Waals surface area (Å²) in [4.78, 5) is 11.8. The summed E-state index contributed by atoms with van der Waals surface area (Å²) in [5.74, 6) is -0.549. The molecule has 1 rings (SSSR count). The Morgan fingerprint density at radius 3 is 2.76 bits per heavy atom. The number of hydrogen-bond acceptors (Lipinski definition) is 2. The van der Waals surface area contributed by atoms with Gasteiger partial charge in [-0.15, -0.1) is 0 Å². The zero-order valence-electron chi connectivity index (χ0n) is 10.2. The monoisotopic (exact) mass is 238 g/mol. The molecular weight excluding hydrogens is 219 g/mol. The highest BCUT2D eigenvalue weighted by atomic mass is 19.1. The Kier molecular flexibility index (Phi) is 5.10. The van der Waals surface area contributed by atoms with Crippen molar-refractivity contribution in [3.63, 3.8) is 0 Å². The maximum Gasteiger partial charge on any atom is 0.224 e. The lowest BCUT2D eigenvalue weighted by molar-refractivity contribution is -0.125. The summed E-state index contributed by atoms with van der Waals surface area (Å²) in [5, 5.41) is 2.84. The maximum atomic E-state index is 13.0. The molecule has 1 amide bonds. The first-order chi connectivity index (χ1) is 8.08. The molecule has 0 aromatic heterocycles. The molecule has 0 aliphatic rings. The van der Waals surface area contributed by atoms with Crippen LogP contribution in [0.25, 0.3) is 0 Å². The summed E-state index contributed by atoms with van der Waals surface area (Å²) >= 11 is 0. The fourth-order valence-corrected chi connectivity index (χ4v) is 1.65. The van der Waals surface area contributed by atoms with Gasteiger partial charge < -0.3 is 11.1 Å². The maximum absolute atomic E-state index is 13.0. The third-order valence-corrected chi connectivity index (χ3v) is 2.86. The normalized spacial score (nSPS) is 14.1. The molecule has 3 nitrogen and oxygen atoms in total. The molecule has 0 radical (unpaired) electrons. The smallest absolute Gasteiger partial charge is 0.224 e. The third kappa shape index (κ3) is 3.82. The molecule has 94 valence electrons. The van der Waals surface area contributed by atoms with Gasteiger partial charge >= 0.3 is 0 Å². The van der Waals surface area contributed by atoms with E-state index < -0.39 is 0 Å². The lowest BCUT2D eigenvalue weighted by Crippen LogP contribution is -2.36. The predicted molar refractivity (Wildman–Crippen MR) is 65.8 cm³/mol. The Balaban J connectivity index is 2.66. The van der Waals surface area contributed by atoms with Gasteiger partial charge in [-0.1, -0.05) is 19.1 Å². The van der Waals surface area contributed by atoms with Crippen molar-refractivity contribution in [3.05, 3.63) is 35.6 Å². The number of rotatable bonds is 5. The molecule has 2 atom stereocenters. The van der Waals surface area contributed by atoms with Gasteiger partial charge in [0.25, 0.3) is 0 Å². The number of benzene rings is 1. The Labute approximate surface area is 101 Å². The van der Waals surface area contributed by atoms with Gasteiger partial charge in [-0.25, -0.2) is 4.39 Å². The van der Waals surface area contributed by atoms with E-state index in [0.717, 1.165) is 5.56 Å². The summed E-state index contributed by atoms with van der Waals surface area (Å²) in [7, 11) is 0. The van der Waals surface area contributed by atoms with Gasteiger partial charge in [-0.05, 0) is 31.0 Å². The molecule has 1 aromatic rings. The third-order valence-electron chi connectivity index (χ3n) is 2.86. The predicted octanol–water partition coefficient (Wildman–Crippen LogP) is 1.99. The molecule has 0 bridgehead atoms. The minimum Gasteiger partial charge on any atom is -0.349 e. The molecule has 0 aliphatic heterocycles. The largest absolute Gasteiger partial charge is 0.349 e. The van der Waals surface area contributed by atoms with Crippen LogP contribution in [0.2, 0.25) is 0 Å². The highest BCUT2D eigenvalue weighted by Crippen LogP contribution is 2.14. The van der Waals surface area contributed by atoms with Crippen molar-refractivity contribution in [1.29, 1.82) is 0 Å². The minimum atomic E-state index is -0.297. The quantitative estimate of drug-likeness (QED) is 0.824. The van der Waals surface area contributed by atoms with E-state index in [4.69, 9.17) is 5.73 Å². The molecular formula is C13H19FN2O. The van der Waals surface area contributed by atoms with Gasteiger partial charge in [-0.3, -0.25) is 4.79 Å². The summed E-state index contributed by atoms with van der Waals surface area (Å²) in [6.45, 7) is 4.08. The van der Waals surface area contributed by atoms with Crippen LogP contribution in [0.1, 0.15) is 31.9 Å². The van der Waals surface area contributed by atoms with E-state index in [1.54, 1.807) is 12.1 Å². The van der Waals surface area contributed by atoms with E-state index in [-0.39, 0.29) is 23.7 Å². The van der Waals surface area contributed by atoms with E-state index >= 15 is 0 Å². The first-order valence-electron chi connectivity index (χ1n) is 5.84. The van der Waals surface area contributed by atoms with Gasteiger partial charge in [-0.2, -0.15) is 0 Å². The molecule has 0 spiro atoms. The molecule has 1 unspecified atom stereocenters. The van der Waals surface area contributed by atoms with Crippen LogP contribution in [0.3, 0.4) is 0 Å². The summed E-state index contributed by atoms with van der Waals surface area (Å²) < 4.78 is 13.0. The Morgan fingerprint density at radius 2 is 2.24 bits per heavy atom. The summed E-state index contributed by atoms with van der Waals surface area (Å²) in [6, 6.07) is 6.02. The van der Waals surface area contributed by atoms with E-state index in [1.165, 1.54) is 12.1 Å². The van der Waals surface area contributed by atoms with Gasteiger partial charge in [0.05, 0.1) is 6.04 Å². The lowest BCUT2D eigenvalue weighted by atomic mass is 10.0. The molecule has 0 saturated heterocycles. The second-order valence-electron chi connectivity index (χ2n) is 4.13. The van der Waals surface area contributed by atoms with Crippen molar-refractivity contribution in [3.8, 4) is 0 Å². The van der Waals surface area contributed by atoms with Crippen LogP contribution in [-0.4, -0.2) is 12.5 Å². The molecule has 3 N–H and O–H groups in total. The molecule has 0 aliphatic carbocycles. The fourth-order valence-electron chi connectivity index (χ4n) is 1.65. The SMILES string of the molecule is CCC(CN)C(=O)N[C@H](C)c1cccc(F)c1. The van der Waals surface area contributed by atoms with Crippen molar-refractivity contribution in [2.24, 2.45) is 11.7 Å². The van der Waals surface area contributed by atoms with Crippen LogP contribution in [0, 0.1) is 11.7 Å². The van der Waals surface area contributed by atoms with Gasteiger partial charge in [0.1, 0.15) is 5.82 Å². The zero-order chi connectivity index (χ0) is 12.8. The number of nitrogens with two attached hydrogens (primary N) is 1. The van der Waals surface area contributed by atoms with Crippen LogP contribution >= 0.6 is 0 Å². The van der Waals surface area contributed by atoms with Crippen molar-refractivity contribution in [2.75, 3.05) is 6.54 Å². The van der Waals surface area contributed by atoms with E-state index in [2.05, 4.69) is 5.32 Å². The number of halogens is 1. The molecule has 0 fully saturated rings. The van der Waals surface area contributed by atoms with Crippen LogP contribution in [0.15, 0.2) is 24.3 Å². The van der Waals surface area contributed by atoms with Gasteiger partial charge in [0, 0.05) is 12.5 Å². The highest BCUT2D eigenvalue weighted by Gasteiger charge is 2.17. The number of nitrogens with one attached hydrogen (secondary N) is 1. The molecule has 1 aromatic carbocycles. The van der Waals surface area contributed by atoms with Crippen molar-refractivity contribution < 1.29 is 9.18 Å². The van der Waals surface area contributed by atoms with Gasteiger partial charge in [0.2, 0.25) is 5.91 Å². The number of amides is 1. The second-order valence-corrected chi connectivity index (χ2v) is 4.13. The number of hydrogen-bond donors (Lipinski definition) is 2. The van der Waals surface area contributed by atoms with Crippen molar-refractivity contribution in [1.82, 2.24) is 5.32 Å². The van der Waals surface area contributed by atoms with E-state index in [0.29, 0.717) is 13.0 Å². The van der Waals surface area contributed by atoms with Crippen LogP contribution in [0.5, 0.6) is 0 Å². The summed E-state index contributed by atoms with van der Waals surface area (Å²) in [6.07, 6.45) is 0.707. The average Bonchev–Trinajstić information content (AvgIpc) is 2.30. The fraction of sp³-hybridized carbons (Fsp3) is 0.462. The van der Waals surface area contributed by atoms with Gasteiger partial charge in [0.15, 0.2) is 0 Å². The molecule has 0 saturated carbocycles. The molecule has 17 heavy (non-hydrogen) atoms.